The van der Waals surface area contributed by atoms with Crippen LogP contribution in [-0.2, 0) is 0 Å². The van der Waals surface area contributed by atoms with Crippen LogP contribution in [0.3, 0.4) is 0 Å². The van der Waals surface area contributed by atoms with Crippen LogP contribution in [0, 0.1) is 17.6 Å². The molecule has 2 aliphatic carbocycles. The van der Waals surface area contributed by atoms with Gasteiger partial charge in [0.25, 0.3) is 0 Å². The number of aliphatic hydroxyl groups is 1. The predicted molar refractivity (Wildman–Crippen MR) is 127 cm³/mol. The van der Waals surface area contributed by atoms with Crippen molar-refractivity contribution in [2.75, 3.05) is 17.2 Å². The molecule has 0 bridgehead atoms. The van der Waals surface area contributed by atoms with Crippen molar-refractivity contribution >= 4 is 28.7 Å². The molecule has 0 amide bonds. The summed E-state index contributed by atoms with van der Waals surface area (Å²) in [4.78, 5) is 13.8. The third-order valence-corrected chi connectivity index (χ3v) is 7.18. The van der Waals surface area contributed by atoms with Crippen LogP contribution in [-0.4, -0.2) is 43.3 Å². The zero-order chi connectivity index (χ0) is 23.7. The van der Waals surface area contributed by atoms with Crippen LogP contribution in [0.1, 0.15) is 57.4 Å². The lowest BCUT2D eigenvalue weighted by atomic mass is 9.86. The van der Waals surface area contributed by atoms with Gasteiger partial charge in [-0.2, -0.15) is 4.98 Å². The summed E-state index contributed by atoms with van der Waals surface area (Å²) in [5, 5.41) is 15.8. The van der Waals surface area contributed by atoms with Crippen molar-refractivity contribution in [2.24, 2.45) is 11.7 Å². The molecule has 0 radical (unpaired) electrons. The van der Waals surface area contributed by atoms with E-state index < -0.39 is 11.6 Å². The third-order valence-electron chi connectivity index (χ3n) is 7.18. The Morgan fingerprint density at radius 2 is 1.71 bits per heavy atom. The molecule has 0 unspecified atom stereocenters. The lowest BCUT2D eigenvalue weighted by molar-refractivity contribution is 0.170. The van der Waals surface area contributed by atoms with E-state index in [2.05, 4.69) is 20.6 Å². The number of nitrogens with one attached hydrogen (secondary N) is 2. The van der Waals surface area contributed by atoms with Gasteiger partial charge in [0.2, 0.25) is 11.9 Å². The number of anilines is 3. The van der Waals surface area contributed by atoms with Crippen LogP contribution >= 0.6 is 0 Å². The van der Waals surface area contributed by atoms with Crippen molar-refractivity contribution in [2.45, 2.75) is 69.5 Å². The first-order chi connectivity index (χ1) is 16.5. The van der Waals surface area contributed by atoms with E-state index in [0.717, 1.165) is 51.4 Å². The van der Waals surface area contributed by atoms with Gasteiger partial charge in [-0.25, -0.2) is 18.7 Å². The summed E-state index contributed by atoms with van der Waals surface area (Å²) in [5.41, 5.74) is 6.96. The lowest BCUT2D eigenvalue weighted by Crippen LogP contribution is -2.33. The van der Waals surface area contributed by atoms with E-state index in [1.165, 1.54) is 18.2 Å². The van der Waals surface area contributed by atoms with Crippen LogP contribution in [0.4, 0.5) is 26.4 Å². The second-order valence-electron chi connectivity index (χ2n) is 9.54. The largest absolute Gasteiger partial charge is 0.396 e. The van der Waals surface area contributed by atoms with E-state index in [9.17, 15) is 13.9 Å². The van der Waals surface area contributed by atoms with Crippen molar-refractivity contribution < 1.29 is 13.9 Å². The predicted octanol–water partition coefficient (Wildman–Crippen LogP) is 4.25. The topological polar surface area (TPSA) is 114 Å². The summed E-state index contributed by atoms with van der Waals surface area (Å²) >= 11 is 0. The van der Waals surface area contributed by atoms with Gasteiger partial charge in [-0.1, -0.05) is 6.07 Å². The number of para-hydroxylation sites is 1. The minimum atomic E-state index is -0.688. The van der Waals surface area contributed by atoms with Crippen LogP contribution in [0.25, 0.3) is 11.2 Å². The SMILES string of the molecule is NC1CCC(Nc2ncc3nc(Nc4c(F)cccc4F)n(C4CCC(CO)CC4)c3n2)CC1. The number of aromatic nitrogens is 4. The summed E-state index contributed by atoms with van der Waals surface area (Å²) in [6.07, 6.45) is 8.88. The lowest BCUT2D eigenvalue weighted by Gasteiger charge is -2.29. The Labute approximate surface area is 197 Å². The molecule has 0 saturated heterocycles. The van der Waals surface area contributed by atoms with Gasteiger partial charge in [0.1, 0.15) is 22.8 Å². The van der Waals surface area contributed by atoms with E-state index >= 15 is 0 Å². The number of benzene rings is 1. The molecule has 34 heavy (non-hydrogen) atoms. The minimum absolute atomic E-state index is 0.0422. The van der Waals surface area contributed by atoms with E-state index in [4.69, 9.17) is 10.7 Å². The van der Waals surface area contributed by atoms with Gasteiger partial charge in [-0.3, -0.25) is 4.57 Å². The molecule has 2 fully saturated rings. The maximum absolute atomic E-state index is 14.4. The first-order valence-electron chi connectivity index (χ1n) is 12.1. The molecule has 2 heterocycles. The Balaban J connectivity index is 1.50. The van der Waals surface area contributed by atoms with E-state index in [-0.39, 0.29) is 36.3 Å². The summed E-state index contributed by atoms with van der Waals surface area (Å²) in [7, 11) is 0. The zero-order valence-corrected chi connectivity index (χ0v) is 19.1. The highest BCUT2D eigenvalue weighted by Gasteiger charge is 2.28. The van der Waals surface area contributed by atoms with Gasteiger partial charge in [-0.05, 0) is 69.4 Å². The maximum Gasteiger partial charge on any atom is 0.224 e. The molecule has 3 aromatic rings. The molecule has 0 atom stereocenters. The number of hydrogen-bond donors (Lipinski definition) is 4. The fourth-order valence-corrected chi connectivity index (χ4v) is 5.16. The number of imidazole rings is 1. The molecule has 2 saturated carbocycles. The molecule has 10 heteroatoms. The van der Waals surface area contributed by atoms with E-state index in [0.29, 0.717) is 23.1 Å². The van der Waals surface area contributed by atoms with Gasteiger partial charge < -0.3 is 21.5 Å². The number of halogens is 2. The summed E-state index contributed by atoms with van der Waals surface area (Å²) in [6.45, 7) is 0.171. The standard InChI is InChI=1S/C24H31F2N7O/c25-18-2-1-3-19(26)21(18)31-24-30-20-12-28-23(29-16-8-6-15(27)7-9-16)32-22(20)33(24)17-10-4-14(13-34)5-11-17/h1-3,12,14-17,34H,4-11,13,27H2,(H,30,31)(H,28,29,32). The summed E-state index contributed by atoms with van der Waals surface area (Å²) in [5.74, 6) is -0.252. The Bertz CT molecular complexity index is 1120. The fraction of sp³-hybridized carbons (Fsp3) is 0.542. The highest BCUT2D eigenvalue weighted by Crippen LogP contribution is 2.37. The minimum Gasteiger partial charge on any atom is -0.396 e. The molecule has 0 spiro atoms. The van der Waals surface area contributed by atoms with Gasteiger partial charge in [0, 0.05) is 24.7 Å². The fourth-order valence-electron chi connectivity index (χ4n) is 5.16. The Kier molecular flexibility index (Phi) is 6.60. The van der Waals surface area contributed by atoms with Crippen molar-refractivity contribution in [1.82, 2.24) is 19.5 Å². The first-order valence-corrected chi connectivity index (χ1v) is 12.1. The second-order valence-corrected chi connectivity index (χ2v) is 9.54. The molecule has 1 aromatic carbocycles. The van der Waals surface area contributed by atoms with Crippen LogP contribution < -0.4 is 16.4 Å². The van der Waals surface area contributed by atoms with Gasteiger partial charge in [0.05, 0.1) is 6.20 Å². The van der Waals surface area contributed by atoms with Gasteiger partial charge in [-0.15, -0.1) is 0 Å². The molecule has 5 N–H and O–H groups in total. The van der Waals surface area contributed by atoms with Crippen molar-refractivity contribution in [3.8, 4) is 0 Å². The highest BCUT2D eigenvalue weighted by atomic mass is 19.1. The average molecular weight is 472 g/mol. The van der Waals surface area contributed by atoms with E-state index in [1.807, 2.05) is 4.57 Å². The van der Waals surface area contributed by atoms with Crippen molar-refractivity contribution in [3.05, 3.63) is 36.0 Å². The summed E-state index contributed by atoms with van der Waals surface area (Å²) < 4.78 is 30.7. The highest BCUT2D eigenvalue weighted by molar-refractivity contribution is 5.76. The molecular weight excluding hydrogens is 440 g/mol. The Hall–Kier alpha value is -2.85. The Morgan fingerprint density at radius 3 is 2.38 bits per heavy atom. The molecule has 5 rings (SSSR count). The van der Waals surface area contributed by atoms with Crippen LogP contribution in [0.2, 0.25) is 0 Å². The van der Waals surface area contributed by atoms with Crippen LogP contribution in [0.5, 0.6) is 0 Å². The van der Waals surface area contributed by atoms with Crippen molar-refractivity contribution in [3.63, 3.8) is 0 Å². The maximum atomic E-state index is 14.4. The second kappa shape index (κ2) is 9.79. The number of rotatable bonds is 6. The molecule has 2 aromatic heterocycles. The average Bonchev–Trinajstić information content (AvgIpc) is 3.20. The van der Waals surface area contributed by atoms with Crippen LogP contribution in [0.15, 0.2) is 24.4 Å². The molecule has 182 valence electrons. The smallest absolute Gasteiger partial charge is 0.224 e. The molecular formula is C24H31F2N7O. The number of hydrogen-bond acceptors (Lipinski definition) is 7. The molecule has 0 aliphatic heterocycles. The zero-order valence-electron chi connectivity index (χ0n) is 19.1. The van der Waals surface area contributed by atoms with E-state index in [1.54, 1.807) is 6.20 Å². The number of fused-ring (bicyclic) bond motifs is 1. The third kappa shape index (κ3) is 4.69. The number of nitrogens with two attached hydrogens (primary N) is 1. The van der Waals surface area contributed by atoms with Gasteiger partial charge >= 0.3 is 0 Å². The normalized spacial score (nSPS) is 25.4. The molecule has 2 aliphatic rings. The quantitative estimate of drug-likeness (QED) is 0.425. The Morgan fingerprint density at radius 1 is 1.00 bits per heavy atom. The first kappa shape index (κ1) is 22.9. The molecule has 8 nitrogen and oxygen atoms in total. The van der Waals surface area contributed by atoms with Gasteiger partial charge in [0.15, 0.2) is 5.65 Å². The monoisotopic (exact) mass is 471 g/mol. The number of nitrogens with zero attached hydrogens (tertiary/aromatic N) is 4. The number of aliphatic hydroxyl groups excluding tert-OH is 1. The van der Waals surface area contributed by atoms with Crippen molar-refractivity contribution in [1.29, 1.82) is 0 Å². The summed E-state index contributed by atoms with van der Waals surface area (Å²) in [6, 6.07) is 4.31.